The summed E-state index contributed by atoms with van der Waals surface area (Å²) in [5, 5.41) is 0. The number of carbonyl (C=O) groups excluding carboxylic acids is 2. The molecule has 1 aliphatic carbocycles. The zero-order valence-electron chi connectivity index (χ0n) is 11.8. The van der Waals surface area contributed by atoms with Crippen molar-refractivity contribution in [3.63, 3.8) is 0 Å². The lowest BCUT2D eigenvalue weighted by Gasteiger charge is -2.14. The van der Waals surface area contributed by atoms with E-state index in [-0.39, 0.29) is 11.8 Å². The topological polar surface area (TPSA) is 34.1 Å². The van der Waals surface area contributed by atoms with Crippen molar-refractivity contribution in [1.29, 1.82) is 0 Å². The number of carbonyl (C=O) groups is 2. The van der Waals surface area contributed by atoms with Crippen LogP contribution in [0.2, 0.25) is 0 Å². The number of Topliss-reactive ketones (excluding diaryl/α,β-unsaturated/α-hetero) is 1. The van der Waals surface area contributed by atoms with Gasteiger partial charge in [0.05, 0.1) is 0 Å². The Balaban J connectivity index is 2.09. The highest BCUT2D eigenvalue weighted by Crippen LogP contribution is 2.28. The molecule has 1 fully saturated rings. The van der Waals surface area contributed by atoms with Crippen LogP contribution in [-0.4, -0.2) is 12.1 Å². The van der Waals surface area contributed by atoms with E-state index in [1.54, 1.807) is 0 Å². The quantitative estimate of drug-likeness (QED) is 0.429. The minimum Gasteiger partial charge on any atom is -0.303 e. The van der Waals surface area contributed by atoms with Crippen molar-refractivity contribution in [3.05, 3.63) is 0 Å². The summed E-state index contributed by atoms with van der Waals surface area (Å²) in [6.07, 6.45) is 13.3. The van der Waals surface area contributed by atoms with E-state index in [0.29, 0.717) is 5.78 Å². The van der Waals surface area contributed by atoms with Gasteiger partial charge >= 0.3 is 0 Å². The van der Waals surface area contributed by atoms with Gasteiger partial charge in [-0.2, -0.15) is 0 Å². The number of rotatable bonds is 10. The third-order valence-electron chi connectivity index (χ3n) is 4.14. The fourth-order valence-corrected chi connectivity index (χ4v) is 2.93. The fourth-order valence-electron chi connectivity index (χ4n) is 2.93. The Labute approximate surface area is 112 Å². The summed E-state index contributed by atoms with van der Waals surface area (Å²) in [6, 6.07) is 0. The molecule has 2 atom stereocenters. The van der Waals surface area contributed by atoms with Crippen molar-refractivity contribution in [1.82, 2.24) is 0 Å². The average Bonchev–Trinajstić information content (AvgIpc) is 2.77. The predicted molar refractivity (Wildman–Crippen MR) is 74.5 cm³/mol. The van der Waals surface area contributed by atoms with Gasteiger partial charge in [-0.15, -0.1) is 0 Å². The number of hydrogen-bond donors (Lipinski definition) is 0. The number of unbranched alkanes of at least 4 members (excludes halogenated alkanes) is 5. The molecule has 0 radical (unpaired) electrons. The van der Waals surface area contributed by atoms with E-state index >= 15 is 0 Å². The summed E-state index contributed by atoms with van der Waals surface area (Å²) in [5.41, 5.74) is 0. The molecule has 0 aromatic carbocycles. The van der Waals surface area contributed by atoms with E-state index in [4.69, 9.17) is 0 Å². The molecule has 104 valence electrons. The summed E-state index contributed by atoms with van der Waals surface area (Å²) in [7, 11) is 0. The molecule has 0 aromatic rings. The molecule has 0 amide bonds. The molecule has 2 unspecified atom stereocenters. The van der Waals surface area contributed by atoms with Crippen LogP contribution >= 0.6 is 0 Å². The maximum Gasteiger partial charge on any atom is 0.136 e. The van der Waals surface area contributed by atoms with Crippen LogP contribution in [0, 0.1) is 11.8 Å². The van der Waals surface area contributed by atoms with Crippen molar-refractivity contribution >= 4 is 12.1 Å². The van der Waals surface area contributed by atoms with Gasteiger partial charge in [-0.1, -0.05) is 45.4 Å². The Bertz CT molecular complexity index is 247. The molecule has 0 heterocycles. The molecule has 1 saturated carbocycles. The normalized spacial score (nSPS) is 21.2. The minimum absolute atomic E-state index is 0.128. The molecule has 0 saturated heterocycles. The SMILES string of the molecule is CCCCCCCCC(C=O)CC1CCCC1=O. The van der Waals surface area contributed by atoms with Crippen molar-refractivity contribution in [2.75, 3.05) is 0 Å². The number of ketones is 1. The maximum absolute atomic E-state index is 11.6. The van der Waals surface area contributed by atoms with Crippen molar-refractivity contribution in [3.8, 4) is 0 Å². The van der Waals surface area contributed by atoms with Crippen LogP contribution in [0.15, 0.2) is 0 Å². The van der Waals surface area contributed by atoms with Crippen LogP contribution in [0.3, 0.4) is 0 Å². The van der Waals surface area contributed by atoms with Crippen LogP contribution in [0.5, 0.6) is 0 Å². The summed E-state index contributed by atoms with van der Waals surface area (Å²) in [6.45, 7) is 2.22. The van der Waals surface area contributed by atoms with E-state index in [1.165, 1.54) is 32.1 Å². The first-order valence-electron chi connectivity index (χ1n) is 7.76. The molecule has 0 bridgehead atoms. The fraction of sp³-hybridized carbons (Fsp3) is 0.875. The van der Waals surface area contributed by atoms with E-state index < -0.39 is 0 Å². The number of aldehydes is 1. The zero-order valence-corrected chi connectivity index (χ0v) is 11.8. The van der Waals surface area contributed by atoms with Gasteiger partial charge in [-0.25, -0.2) is 0 Å². The van der Waals surface area contributed by atoms with Gasteiger partial charge < -0.3 is 4.79 Å². The highest BCUT2D eigenvalue weighted by Gasteiger charge is 2.26. The Morgan fingerprint density at radius 3 is 2.56 bits per heavy atom. The second-order valence-electron chi connectivity index (χ2n) is 5.74. The highest BCUT2D eigenvalue weighted by molar-refractivity contribution is 5.83. The molecule has 1 rings (SSSR count). The molecule has 0 N–H and O–H groups in total. The highest BCUT2D eigenvalue weighted by atomic mass is 16.1. The lowest BCUT2D eigenvalue weighted by molar-refractivity contribution is -0.121. The van der Waals surface area contributed by atoms with Crippen LogP contribution in [0.4, 0.5) is 0 Å². The van der Waals surface area contributed by atoms with Crippen LogP contribution in [-0.2, 0) is 9.59 Å². The number of hydrogen-bond acceptors (Lipinski definition) is 2. The second-order valence-corrected chi connectivity index (χ2v) is 5.74. The Morgan fingerprint density at radius 2 is 1.94 bits per heavy atom. The van der Waals surface area contributed by atoms with Crippen LogP contribution < -0.4 is 0 Å². The van der Waals surface area contributed by atoms with E-state index in [2.05, 4.69) is 6.92 Å². The monoisotopic (exact) mass is 252 g/mol. The van der Waals surface area contributed by atoms with Gasteiger partial charge in [-0.3, -0.25) is 4.79 Å². The van der Waals surface area contributed by atoms with E-state index in [9.17, 15) is 9.59 Å². The van der Waals surface area contributed by atoms with Gasteiger partial charge in [-0.05, 0) is 25.7 Å². The zero-order chi connectivity index (χ0) is 13.2. The average molecular weight is 252 g/mol. The maximum atomic E-state index is 11.6. The third kappa shape index (κ3) is 5.79. The molecular weight excluding hydrogens is 224 g/mol. The molecule has 2 nitrogen and oxygen atoms in total. The van der Waals surface area contributed by atoms with Gasteiger partial charge in [0.25, 0.3) is 0 Å². The van der Waals surface area contributed by atoms with Crippen molar-refractivity contribution in [2.45, 2.75) is 77.6 Å². The summed E-state index contributed by atoms with van der Waals surface area (Å²) in [5.74, 6) is 0.716. The summed E-state index contributed by atoms with van der Waals surface area (Å²) in [4.78, 5) is 22.6. The Morgan fingerprint density at radius 1 is 1.22 bits per heavy atom. The van der Waals surface area contributed by atoms with Gasteiger partial charge in [0.2, 0.25) is 0 Å². The second kappa shape index (κ2) is 9.29. The standard InChI is InChI=1S/C16H28O2/c1-2-3-4-5-6-7-9-14(13-17)12-15-10-8-11-16(15)18/h13-15H,2-12H2,1H3. The van der Waals surface area contributed by atoms with Crippen LogP contribution in [0.25, 0.3) is 0 Å². The molecule has 0 spiro atoms. The van der Waals surface area contributed by atoms with Crippen molar-refractivity contribution in [2.24, 2.45) is 11.8 Å². The molecule has 0 aliphatic heterocycles. The first kappa shape index (κ1) is 15.4. The molecular formula is C16H28O2. The lowest BCUT2D eigenvalue weighted by atomic mass is 9.90. The van der Waals surface area contributed by atoms with Gasteiger partial charge in [0.1, 0.15) is 12.1 Å². The Kier molecular flexibility index (Phi) is 7.95. The van der Waals surface area contributed by atoms with Crippen molar-refractivity contribution < 1.29 is 9.59 Å². The molecule has 0 aromatic heterocycles. The van der Waals surface area contributed by atoms with E-state index in [1.807, 2.05) is 0 Å². The van der Waals surface area contributed by atoms with Gasteiger partial charge in [0.15, 0.2) is 0 Å². The van der Waals surface area contributed by atoms with Crippen LogP contribution in [0.1, 0.15) is 77.6 Å². The molecule has 2 heteroatoms. The summed E-state index contributed by atoms with van der Waals surface area (Å²) >= 11 is 0. The minimum atomic E-state index is 0.128. The summed E-state index contributed by atoms with van der Waals surface area (Å²) < 4.78 is 0. The smallest absolute Gasteiger partial charge is 0.136 e. The lowest BCUT2D eigenvalue weighted by Crippen LogP contribution is -2.13. The first-order chi connectivity index (χ1) is 8.77. The molecule has 1 aliphatic rings. The molecule has 18 heavy (non-hydrogen) atoms. The third-order valence-corrected chi connectivity index (χ3v) is 4.14. The largest absolute Gasteiger partial charge is 0.303 e. The Hall–Kier alpha value is -0.660. The first-order valence-corrected chi connectivity index (χ1v) is 7.76. The van der Waals surface area contributed by atoms with Gasteiger partial charge in [0, 0.05) is 18.3 Å². The predicted octanol–water partition coefficient (Wildman–Crippen LogP) is 4.31. The van der Waals surface area contributed by atoms with E-state index in [0.717, 1.165) is 44.8 Å².